The Kier molecular flexibility index (Phi) is 4.45. The van der Waals surface area contributed by atoms with Gasteiger partial charge in [-0.3, -0.25) is 9.59 Å². The molecule has 2 saturated heterocycles. The first-order valence-electron chi connectivity index (χ1n) is 9.92. The first-order valence-corrected chi connectivity index (χ1v) is 9.92. The molecule has 1 aliphatic carbocycles. The third-order valence-electron chi connectivity index (χ3n) is 6.25. The highest BCUT2D eigenvalue weighted by molar-refractivity contribution is 5.95. The number of rotatable bonds is 3. The van der Waals surface area contributed by atoms with Gasteiger partial charge in [0.25, 0.3) is 5.91 Å². The molecule has 0 aromatic carbocycles. The average molecular weight is 356 g/mol. The number of carbonyl (C=O) groups is 2. The van der Waals surface area contributed by atoms with Gasteiger partial charge in [-0.1, -0.05) is 0 Å². The van der Waals surface area contributed by atoms with Crippen molar-refractivity contribution in [2.45, 2.75) is 58.3 Å². The molecule has 1 spiro atoms. The van der Waals surface area contributed by atoms with E-state index in [4.69, 9.17) is 0 Å². The van der Waals surface area contributed by atoms with Gasteiger partial charge in [-0.05, 0) is 46.0 Å². The van der Waals surface area contributed by atoms with Crippen LogP contribution in [0.25, 0.3) is 0 Å². The van der Waals surface area contributed by atoms with Gasteiger partial charge in [-0.15, -0.1) is 0 Å². The number of piperidine rings is 2. The summed E-state index contributed by atoms with van der Waals surface area (Å²) in [7, 11) is 0. The Bertz CT molecular complexity index is 731. The van der Waals surface area contributed by atoms with Crippen LogP contribution in [0.15, 0.2) is 6.20 Å². The molecule has 3 heterocycles. The summed E-state index contributed by atoms with van der Waals surface area (Å²) in [5.74, 6) is 1.68. The van der Waals surface area contributed by atoms with E-state index in [2.05, 4.69) is 9.97 Å². The number of carbonyl (C=O) groups excluding carboxylic acids is 2. The minimum Gasteiger partial charge on any atom is -0.342 e. The normalized spacial score (nSPS) is 26.5. The predicted molar refractivity (Wildman–Crippen MR) is 97.8 cm³/mol. The molecule has 0 N–H and O–H groups in total. The molecular weight excluding hydrogens is 328 g/mol. The van der Waals surface area contributed by atoms with E-state index >= 15 is 0 Å². The van der Waals surface area contributed by atoms with Crippen LogP contribution in [0.1, 0.15) is 73.2 Å². The fourth-order valence-corrected chi connectivity index (χ4v) is 4.51. The minimum atomic E-state index is 0.0453. The average Bonchev–Trinajstić information content (AvgIpc) is 3.49. The highest BCUT2D eigenvalue weighted by atomic mass is 16.2. The van der Waals surface area contributed by atoms with Crippen LogP contribution in [0.2, 0.25) is 0 Å². The zero-order chi connectivity index (χ0) is 18.3. The highest BCUT2D eigenvalue weighted by Gasteiger charge is 2.42. The summed E-state index contributed by atoms with van der Waals surface area (Å²) < 4.78 is 0. The van der Waals surface area contributed by atoms with E-state index in [-0.39, 0.29) is 17.2 Å². The molecule has 6 heteroatoms. The molecule has 2 amide bonds. The lowest BCUT2D eigenvalue weighted by atomic mass is 9.73. The SMILES string of the molecule is CCN1C[C@@]2(CCCN(C(=O)c3cnc(C4CC4)nc3C)C2)CCC1=O. The van der Waals surface area contributed by atoms with Crippen molar-refractivity contribution in [1.82, 2.24) is 19.8 Å². The molecule has 140 valence electrons. The highest BCUT2D eigenvalue weighted by Crippen LogP contribution is 2.40. The van der Waals surface area contributed by atoms with Gasteiger partial charge >= 0.3 is 0 Å². The van der Waals surface area contributed by atoms with Gasteiger partial charge in [-0.2, -0.15) is 0 Å². The number of nitrogens with zero attached hydrogens (tertiary/aromatic N) is 4. The van der Waals surface area contributed by atoms with E-state index in [1.807, 2.05) is 23.6 Å². The van der Waals surface area contributed by atoms with Crippen molar-refractivity contribution in [3.63, 3.8) is 0 Å². The summed E-state index contributed by atoms with van der Waals surface area (Å²) in [5, 5.41) is 0. The lowest BCUT2D eigenvalue weighted by Gasteiger charge is -2.48. The molecule has 1 saturated carbocycles. The maximum absolute atomic E-state index is 13.1. The van der Waals surface area contributed by atoms with Gasteiger partial charge < -0.3 is 9.80 Å². The Morgan fingerprint density at radius 1 is 1.31 bits per heavy atom. The third kappa shape index (κ3) is 3.21. The zero-order valence-corrected chi connectivity index (χ0v) is 15.8. The van der Waals surface area contributed by atoms with Crippen LogP contribution in [0, 0.1) is 12.3 Å². The van der Waals surface area contributed by atoms with Crippen molar-refractivity contribution in [3.05, 3.63) is 23.3 Å². The van der Waals surface area contributed by atoms with Gasteiger partial charge in [0.05, 0.1) is 11.3 Å². The maximum Gasteiger partial charge on any atom is 0.257 e. The first kappa shape index (κ1) is 17.4. The second-order valence-electron chi connectivity index (χ2n) is 8.24. The molecule has 4 rings (SSSR count). The zero-order valence-electron chi connectivity index (χ0n) is 15.8. The lowest BCUT2D eigenvalue weighted by molar-refractivity contribution is -0.138. The number of aromatic nitrogens is 2. The van der Waals surface area contributed by atoms with Gasteiger partial charge in [0.1, 0.15) is 5.82 Å². The van der Waals surface area contributed by atoms with E-state index in [9.17, 15) is 9.59 Å². The van der Waals surface area contributed by atoms with E-state index in [1.54, 1.807) is 6.20 Å². The largest absolute Gasteiger partial charge is 0.342 e. The Morgan fingerprint density at radius 2 is 2.12 bits per heavy atom. The molecule has 1 atom stereocenters. The Labute approximate surface area is 155 Å². The van der Waals surface area contributed by atoms with Crippen molar-refractivity contribution >= 4 is 11.8 Å². The monoisotopic (exact) mass is 356 g/mol. The van der Waals surface area contributed by atoms with Gasteiger partial charge in [-0.25, -0.2) is 9.97 Å². The fraction of sp³-hybridized carbons (Fsp3) is 0.700. The molecule has 0 radical (unpaired) electrons. The predicted octanol–water partition coefficient (Wildman–Crippen LogP) is 2.53. The summed E-state index contributed by atoms with van der Waals surface area (Å²) >= 11 is 0. The van der Waals surface area contributed by atoms with Crippen LogP contribution >= 0.6 is 0 Å². The minimum absolute atomic E-state index is 0.0453. The summed E-state index contributed by atoms with van der Waals surface area (Å²) in [6.45, 7) is 7.00. The summed E-state index contributed by atoms with van der Waals surface area (Å²) in [6.07, 6.45) is 7.63. The summed E-state index contributed by atoms with van der Waals surface area (Å²) in [5.41, 5.74) is 1.48. The second-order valence-corrected chi connectivity index (χ2v) is 8.24. The maximum atomic E-state index is 13.1. The van der Waals surface area contributed by atoms with Gasteiger partial charge in [0, 0.05) is 50.1 Å². The van der Waals surface area contributed by atoms with Crippen LogP contribution in [0.3, 0.4) is 0 Å². The Hall–Kier alpha value is -1.98. The molecule has 0 bridgehead atoms. The van der Waals surface area contributed by atoms with Crippen molar-refractivity contribution in [2.75, 3.05) is 26.2 Å². The number of amides is 2. The molecule has 26 heavy (non-hydrogen) atoms. The summed E-state index contributed by atoms with van der Waals surface area (Å²) in [4.78, 5) is 38.1. The van der Waals surface area contributed by atoms with E-state index < -0.39 is 0 Å². The van der Waals surface area contributed by atoms with Crippen molar-refractivity contribution in [3.8, 4) is 0 Å². The van der Waals surface area contributed by atoms with Crippen LogP contribution in [-0.2, 0) is 4.79 Å². The lowest BCUT2D eigenvalue weighted by Crippen LogP contribution is -2.55. The van der Waals surface area contributed by atoms with E-state index in [0.717, 1.165) is 69.8 Å². The molecule has 1 aromatic rings. The molecule has 6 nitrogen and oxygen atoms in total. The molecule has 3 aliphatic rings. The summed E-state index contributed by atoms with van der Waals surface area (Å²) in [6, 6.07) is 0. The van der Waals surface area contributed by atoms with Crippen LogP contribution in [0.4, 0.5) is 0 Å². The fourth-order valence-electron chi connectivity index (χ4n) is 4.51. The quantitative estimate of drug-likeness (QED) is 0.835. The topological polar surface area (TPSA) is 66.4 Å². The number of hydrogen-bond acceptors (Lipinski definition) is 4. The first-order chi connectivity index (χ1) is 12.5. The standard InChI is InChI=1S/C20H28N4O2/c1-3-23-12-20(9-7-17(23)25)8-4-10-24(13-20)19(26)16-11-21-18(15-5-6-15)22-14(16)2/h11,15H,3-10,12-13H2,1-2H3/t20-/m1/s1. The molecular formula is C20H28N4O2. The van der Waals surface area contributed by atoms with Gasteiger partial charge in [0.2, 0.25) is 5.91 Å². The molecule has 1 aromatic heterocycles. The van der Waals surface area contributed by atoms with Crippen molar-refractivity contribution < 1.29 is 9.59 Å². The van der Waals surface area contributed by atoms with Gasteiger partial charge in [0.15, 0.2) is 0 Å². The molecule has 3 fully saturated rings. The molecule has 2 aliphatic heterocycles. The van der Waals surface area contributed by atoms with Crippen LogP contribution < -0.4 is 0 Å². The van der Waals surface area contributed by atoms with Crippen molar-refractivity contribution in [2.24, 2.45) is 5.41 Å². The van der Waals surface area contributed by atoms with E-state index in [0.29, 0.717) is 17.9 Å². The Morgan fingerprint density at radius 3 is 2.81 bits per heavy atom. The molecule has 0 unspecified atom stereocenters. The second kappa shape index (κ2) is 6.63. The van der Waals surface area contributed by atoms with E-state index in [1.165, 1.54) is 0 Å². The number of hydrogen-bond donors (Lipinski definition) is 0. The van der Waals surface area contributed by atoms with Crippen LogP contribution in [-0.4, -0.2) is 57.8 Å². The Balaban J connectivity index is 1.50. The number of likely N-dealkylation sites (tertiary alicyclic amines) is 2. The third-order valence-corrected chi connectivity index (χ3v) is 6.25. The smallest absolute Gasteiger partial charge is 0.257 e. The number of aryl methyl sites for hydroxylation is 1. The van der Waals surface area contributed by atoms with Crippen LogP contribution in [0.5, 0.6) is 0 Å². The van der Waals surface area contributed by atoms with Crippen molar-refractivity contribution in [1.29, 1.82) is 0 Å².